The highest BCUT2D eigenvalue weighted by Gasteiger charge is 2.37. The molecule has 0 atom stereocenters. The fraction of sp³-hybridized carbons (Fsp3) is 0. The fourth-order valence-corrected chi connectivity index (χ4v) is 0.951. The van der Waals surface area contributed by atoms with Gasteiger partial charge >= 0.3 is 8.80 Å². The van der Waals surface area contributed by atoms with Gasteiger partial charge in [0, 0.05) is 0 Å². The second kappa shape index (κ2) is 6.10. The van der Waals surface area contributed by atoms with E-state index in [0.29, 0.717) is 0 Å². The molecule has 0 unspecified atom stereocenters. The Balaban J connectivity index is 0. The van der Waals surface area contributed by atoms with Crippen LogP contribution in [0.5, 0.6) is 0 Å². The van der Waals surface area contributed by atoms with E-state index in [1.807, 2.05) is 0 Å². The molecule has 0 aromatic heterocycles. The van der Waals surface area contributed by atoms with E-state index in [2.05, 4.69) is 13.2 Å². The second-order valence-electron chi connectivity index (χ2n) is 1.45. The number of carboxylic acid groups (broad SMARTS) is 3. The first-order valence-electron chi connectivity index (χ1n) is 2.65. The van der Waals surface area contributed by atoms with Crippen molar-refractivity contribution in [2.24, 2.45) is 0 Å². The molecule has 7 heteroatoms. The lowest BCUT2D eigenvalue weighted by atomic mass is 11.3. The molecule has 0 bridgehead atoms. The molecular formula is C5H8O6Si. The summed E-state index contributed by atoms with van der Waals surface area (Å²) in [4.78, 5) is 29.6. The highest BCUT2D eigenvalue weighted by molar-refractivity contribution is 7.25. The third-order valence-corrected chi connectivity index (χ3v) is 2.22. The molecule has 0 aliphatic heterocycles. The molecule has 0 aromatic carbocycles. The number of hydrogen-bond acceptors (Lipinski definition) is 3. The molecule has 0 radical (unpaired) electrons. The molecule has 12 heavy (non-hydrogen) atoms. The van der Waals surface area contributed by atoms with Crippen molar-refractivity contribution in [3.8, 4) is 0 Å². The summed E-state index contributed by atoms with van der Waals surface area (Å²) < 4.78 is 0. The minimum atomic E-state index is -3.70. The van der Waals surface area contributed by atoms with Crippen molar-refractivity contribution in [2.45, 2.75) is 0 Å². The monoisotopic (exact) mass is 192 g/mol. The van der Waals surface area contributed by atoms with Gasteiger partial charge in [0.1, 0.15) is 0 Å². The van der Waals surface area contributed by atoms with Gasteiger partial charge in [-0.1, -0.05) is 0 Å². The standard InChI is InChI=1S/C3H4O6Si.C2H4/c4-1(5)10(2(6)7)3(8)9;1-2/h10H,(H,4,5)(H,6,7)(H,8,9);1-2H2. The molecule has 3 N–H and O–H groups in total. The van der Waals surface area contributed by atoms with Crippen LogP contribution in [0.4, 0.5) is 14.4 Å². The summed E-state index contributed by atoms with van der Waals surface area (Å²) in [5.41, 5.74) is -5.21. The lowest BCUT2D eigenvalue weighted by Gasteiger charge is -1.95. The molecule has 0 spiro atoms. The Morgan fingerprint density at radius 2 is 1.00 bits per heavy atom. The Kier molecular flexibility index (Phi) is 6.61. The van der Waals surface area contributed by atoms with Gasteiger partial charge < -0.3 is 15.3 Å². The van der Waals surface area contributed by atoms with Crippen LogP contribution in [0.15, 0.2) is 13.2 Å². The van der Waals surface area contributed by atoms with Gasteiger partial charge in [-0.3, -0.25) is 14.4 Å². The van der Waals surface area contributed by atoms with Gasteiger partial charge in [-0.2, -0.15) is 0 Å². The zero-order valence-electron chi connectivity index (χ0n) is 6.06. The molecule has 0 aromatic rings. The van der Waals surface area contributed by atoms with Gasteiger partial charge in [0.25, 0.3) is 16.8 Å². The normalized spacial score (nSPS) is 8.08. The average molecular weight is 192 g/mol. The van der Waals surface area contributed by atoms with Crippen LogP contribution in [0.3, 0.4) is 0 Å². The van der Waals surface area contributed by atoms with Gasteiger partial charge in [0.15, 0.2) is 0 Å². The van der Waals surface area contributed by atoms with E-state index in [4.69, 9.17) is 15.3 Å². The zero-order chi connectivity index (χ0) is 10.3. The van der Waals surface area contributed by atoms with E-state index in [-0.39, 0.29) is 0 Å². The largest absolute Gasteiger partial charge is 0.485 e. The molecule has 0 rings (SSSR count). The van der Waals surface area contributed by atoms with E-state index >= 15 is 0 Å². The Morgan fingerprint density at radius 1 is 0.833 bits per heavy atom. The van der Waals surface area contributed by atoms with Crippen LogP contribution in [0.1, 0.15) is 0 Å². The minimum Gasteiger partial charge on any atom is -0.485 e. The van der Waals surface area contributed by atoms with Crippen LogP contribution < -0.4 is 0 Å². The van der Waals surface area contributed by atoms with E-state index in [1.165, 1.54) is 0 Å². The number of rotatable bonds is 3. The summed E-state index contributed by atoms with van der Waals surface area (Å²) in [7, 11) is -3.70. The Hall–Kier alpha value is -1.63. The van der Waals surface area contributed by atoms with Crippen molar-refractivity contribution in [2.75, 3.05) is 0 Å². The summed E-state index contributed by atoms with van der Waals surface area (Å²) in [6.07, 6.45) is 0. The van der Waals surface area contributed by atoms with Crippen molar-refractivity contribution in [1.82, 2.24) is 0 Å². The van der Waals surface area contributed by atoms with Crippen molar-refractivity contribution < 1.29 is 29.7 Å². The smallest absolute Gasteiger partial charge is 0.417 e. The first kappa shape index (κ1) is 13.0. The summed E-state index contributed by atoms with van der Waals surface area (Å²) in [6.45, 7) is 6.00. The molecule has 0 aliphatic rings. The van der Waals surface area contributed by atoms with Gasteiger partial charge in [-0.25, -0.2) is 0 Å². The molecule has 68 valence electrons. The second-order valence-corrected chi connectivity index (χ2v) is 3.80. The zero-order valence-corrected chi connectivity index (χ0v) is 7.21. The third-order valence-electron chi connectivity index (χ3n) is 0.741. The summed E-state index contributed by atoms with van der Waals surface area (Å²) in [6, 6.07) is 0. The number of hydrogen-bond donors (Lipinski definition) is 3. The molecule has 6 nitrogen and oxygen atoms in total. The van der Waals surface area contributed by atoms with Crippen molar-refractivity contribution >= 4 is 25.6 Å². The Bertz CT molecular complexity index is 167. The van der Waals surface area contributed by atoms with Crippen LogP contribution in [0.2, 0.25) is 0 Å². The summed E-state index contributed by atoms with van der Waals surface area (Å²) in [5, 5.41) is 24.0. The van der Waals surface area contributed by atoms with Crippen LogP contribution in [-0.4, -0.2) is 40.9 Å². The topological polar surface area (TPSA) is 112 Å². The van der Waals surface area contributed by atoms with E-state index in [9.17, 15) is 14.4 Å². The van der Waals surface area contributed by atoms with E-state index < -0.39 is 25.6 Å². The van der Waals surface area contributed by atoms with Crippen LogP contribution in [0.25, 0.3) is 0 Å². The SMILES string of the molecule is C=C.O=C(O)[SiH](C(=O)O)C(=O)O. The van der Waals surface area contributed by atoms with E-state index in [0.717, 1.165) is 0 Å². The highest BCUT2D eigenvalue weighted by Crippen LogP contribution is 1.88. The first-order valence-corrected chi connectivity index (χ1v) is 4.38. The lowest BCUT2D eigenvalue weighted by Crippen LogP contribution is -2.40. The van der Waals surface area contributed by atoms with Crippen LogP contribution >= 0.6 is 0 Å². The van der Waals surface area contributed by atoms with Crippen LogP contribution in [-0.2, 0) is 0 Å². The Morgan fingerprint density at radius 3 is 1.00 bits per heavy atom. The maximum absolute atomic E-state index is 9.88. The van der Waals surface area contributed by atoms with Gasteiger partial charge in [0.05, 0.1) is 0 Å². The molecule has 0 fully saturated rings. The average Bonchev–Trinajstić information content (AvgIpc) is 1.88. The minimum absolute atomic E-state index is 1.74. The predicted molar refractivity (Wildman–Crippen MR) is 42.5 cm³/mol. The van der Waals surface area contributed by atoms with Crippen molar-refractivity contribution in [3.05, 3.63) is 13.2 Å². The van der Waals surface area contributed by atoms with Crippen molar-refractivity contribution in [3.63, 3.8) is 0 Å². The maximum Gasteiger partial charge on any atom is 0.417 e. The maximum atomic E-state index is 9.88. The molecule has 0 heterocycles. The summed E-state index contributed by atoms with van der Waals surface area (Å²) in [5.74, 6) is 0. The van der Waals surface area contributed by atoms with E-state index in [1.54, 1.807) is 0 Å². The molecule has 0 saturated heterocycles. The highest BCUT2D eigenvalue weighted by atomic mass is 28.3. The summed E-state index contributed by atoms with van der Waals surface area (Å²) >= 11 is 0. The lowest BCUT2D eigenvalue weighted by molar-refractivity contribution is 0.204. The first-order chi connectivity index (χ1) is 5.46. The van der Waals surface area contributed by atoms with Gasteiger partial charge in [0.2, 0.25) is 0 Å². The number of carbonyl (C=O) groups is 3. The third kappa shape index (κ3) is 4.23. The predicted octanol–water partition coefficient (Wildman–Crippen LogP) is 0.795. The molecule has 0 amide bonds. The van der Waals surface area contributed by atoms with Gasteiger partial charge in [-0.15, -0.1) is 13.2 Å². The van der Waals surface area contributed by atoms with Gasteiger partial charge in [-0.05, 0) is 0 Å². The fourth-order valence-electron chi connectivity index (χ4n) is 0.317. The molecular weight excluding hydrogens is 184 g/mol. The Labute approximate surface area is 69.4 Å². The van der Waals surface area contributed by atoms with Crippen molar-refractivity contribution in [1.29, 1.82) is 0 Å². The quantitative estimate of drug-likeness (QED) is 0.450. The molecule has 0 aliphatic carbocycles. The van der Waals surface area contributed by atoms with Crippen LogP contribution in [0, 0.1) is 0 Å². The molecule has 0 saturated carbocycles.